The van der Waals surface area contributed by atoms with Crippen molar-refractivity contribution in [1.29, 1.82) is 0 Å². The summed E-state index contributed by atoms with van der Waals surface area (Å²) in [7, 11) is 0. The fraction of sp³-hybridized carbons (Fsp3) is 0.269. The van der Waals surface area contributed by atoms with Crippen molar-refractivity contribution in [3.8, 4) is 11.1 Å². The number of nitrogens with one attached hydrogen (secondary N) is 1. The van der Waals surface area contributed by atoms with Crippen LogP contribution in [0.4, 0.5) is 0 Å². The zero-order valence-electron chi connectivity index (χ0n) is 17.7. The second-order valence-electron chi connectivity index (χ2n) is 7.93. The molecule has 1 aliphatic heterocycles. The van der Waals surface area contributed by atoms with E-state index in [9.17, 15) is 9.90 Å². The zero-order chi connectivity index (χ0) is 21.7. The van der Waals surface area contributed by atoms with E-state index in [1.807, 2.05) is 24.3 Å². The molecule has 2 aromatic carbocycles. The van der Waals surface area contributed by atoms with Gasteiger partial charge in [-0.05, 0) is 54.2 Å². The maximum atomic E-state index is 11.3. The lowest BCUT2D eigenvalue weighted by Gasteiger charge is -2.40. The van der Waals surface area contributed by atoms with Crippen molar-refractivity contribution in [2.45, 2.75) is 31.4 Å². The molecule has 5 heteroatoms. The molecule has 0 bridgehead atoms. The van der Waals surface area contributed by atoms with Crippen LogP contribution in [0, 0.1) is 0 Å². The van der Waals surface area contributed by atoms with E-state index in [1.54, 1.807) is 6.20 Å². The van der Waals surface area contributed by atoms with Crippen molar-refractivity contribution in [3.05, 3.63) is 107 Å². The van der Waals surface area contributed by atoms with E-state index in [0.29, 0.717) is 13.2 Å². The van der Waals surface area contributed by atoms with Crippen LogP contribution >= 0.6 is 0 Å². The van der Waals surface area contributed by atoms with E-state index in [-0.39, 0.29) is 18.2 Å². The molecule has 0 saturated heterocycles. The van der Waals surface area contributed by atoms with Crippen molar-refractivity contribution >= 4 is 0 Å². The molecule has 2 atom stereocenters. The average molecular weight is 417 g/mol. The van der Waals surface area contributed by atoms with Gasteiger partial charge in [0.05, 0.1) is 6.04 Å². The number of benzene rings is 2. The van der Waals surface area contributed by atoms with E-state index in [1.165, 1.54) is 11.6 Å². The molecule has 0 aliphatic carbocycles. The minimum absolute atomic E-state index is 0.101. The van der Waals surface area contributed by atoms with Crippen LogP contribution < -0.4 is 5.56 Å². The van der Waals surface area contributed by atoms with Gasteiger partial charge >= 0.3 is 0 Å². The molecule has 2 heterocycles. The summed E-state index contributed by atoms with van der Waals surface area (Å²) in [5.41, 5.74) is 3.73. The lowest BCUT2D eigenvalue weighted by atomic mass is 9.88. The Morgan fingerprint density at radius 3 is 2.42 bits per heavy atom. The number of rotatable bonds is 7. The van der Waals surface area contributed by atoms with Gasteiger partial charge in [-0.25, -0.2) is 0 Å². The third kappa shape index (κ3) is 4.63. The number of hydrogen-bond acceptors (Lipinski definition) is 4. The summed E-state index contributed by atoms with van der Waals surface area (Å²) in [5, 5.41) is 9.36. The number of aromatic amines is 1. The van der Waals surface area contributed by atoms with Crippen molar-refractivity contribution < 1.29 is 9.84 Å². The zero-order valence-corrected chi connectivity index (χ0v) is 17.7. The number of H-pyrrole nitrogens is 1. The third-order valence-corrected chi connectivity index (χ3v) is 5.98. The first-order chi connectivity index (χ1) is 15.1. The van der Waals surface area contributed by atoms with E-state index in [4.69, 9.17) is 4.74 Å². The van der Waals surface area contributed by atoms with Crippen LogP contribution in [0.25, 0.3) is 11.1 Å². The van der Waals surface area contributed by atoms with Gasteiger partial charge in [0.15, 0.2) is 0 Å². The Morgan fingerprint density at radius 2 is 1.81 bits per heavy atom. The molecule has 160 valence electrons. The molecule has 0 unspecified atom stereocenters. The Morgan fingerprint density at radius 1 is 1.06 bits per heavy atom. The molecule has 0 spiro atoms. The summed E-state index contributed by atoms with van der Waals surface area (Å²) in [6.07, 6.45) is 7.39. The molecular formula is C26H28N2O3. The molecule has 0 radical (unpaired) electrons. The van der Waals surface area contributed by atoms with Gasteiger partial charge in [-0.2, -0.15) is 0 Å². The Kier molecular flexibility index (Phi) is 6.35. The second-order valence-corrected chi connectivity index (χ2v) is 7.93. The molecule has 2 N–H and O–H groups in total. The maximum absolute atomic E-state index is 11.3. The predicted molar refractivity (Wildman–Crippen MR) is 122 cm³/mol. The topological polar surface area (TPSA) is 65.6 Å². The van der Waals surface area contributed by atoms with Gasteiger partial charge in [0.1, 0.15) is 12.3 Å². The highest BCUT2D eigenvalue weighted by Crippen LogP contribution is 2.37. The summed E-state index contributed by atoms with van der Waals surface area (Å²) in [4.78, 5) is 16.2. The Balaban J connectivity index is 1.51. The minimum atomic E-state index is -0.506. The Labute approximate surface area is 182 Å². The standard InChI is InChI=1S/C26H28N2O3/c1-20(21-8-10-22(11-9-21)23-12-13-25(30)27-18-23)28-16-15-26(31-19-28,14-5-17-29)24-6-3-2-4-7-24/h2-4,6-13,15-16,18,20,29H,5,14,17,19H2,1H3,(H,27,30)/t20-,26+/m0/s1. The Hall–Kier alpha value is -3.15. The number of pyridine rings is 1. The van der Waals surface area contributed by atoms with Gasteiger partial charge in [-0.3, -0.25) is 4.79 Å². The highest BCUT2D eigenvalue weighted by Gasteiger charge is 2.34. The molecule has 0 saturated carbocycles. The number of hydrogen-bond donors (Lipinski definition) is 2. The van der Waals surface area contributed by atoms with Crippen LogP contribution in [-0.4, -0.2) is 28.3 Å². The average Bonchev–Trinajstić information content (AvgIpc) is 2.84. The van der Waals surface area contributed by atoms with Crippen LogP contribution in [0.2, 0.25) is 0 Å². The van der Waals surface area contributed by atoms with Crippen LogP contribution in [0.1, 0.15) is 36.9 Å². The summed E-state index contributed by atoms with van der Waals surface area (Å²) < 4.78 is 6.41. The van der Waals surface area contributed by atoms with E-state index >= 15 is 0 Å². The number of aliphatic hydroxyl groups excluding tert-OH is 1. The molecule has 5 nitrogen and oxygen atoms in total. The molecule has 0 fully saturated rings. The van der Waals surface area contributed by atoms with E-state index in [2.05, 4.69) is 65.5 Å². The largest absolute Gasteiger partial charge is 0.396 e. The molecular weight excluding hydrogens is 388 g/mol. The predicted octanol–water partition coefficient (Wildman–Crippen LogP) is 4.57. The van der Waals surface area contributed by atoms with Crippen LogP contribution in [0.15, 0.2) is 90.0 Å². The second kappa shape index (κ2) is 9.33. The van der Waals surface area contributed by atoms with Gasteiger partial charge in [0.25, 0.3) is 0 Å². The summed E-state index contributed by atoms with van der Waals surface area (Å²) >= 11 is 0. The first-order valence-corrected chi connectivity index (χ1v) is 10.7. The Bertz CT molecular complexity index is 1060. The lowest BCUT2D eigenvalue weighted by molar-refractivity contribution is -0.0887. The van der Waals surface area contributed by atoms with Gasteiger partial charge in [-0.1, -0.05) is 54.6 Å². The third-order valence-electron chi connectivity index (χ3n) is 5.98. The van der Waals surface area contributed by atoms with Crippen LogP contribution in [-0.2, 0) is 10.3 Å². The van der Waals surface area contributed by atoms with Crippen LogP contribution in [0.5, 0.6) is 0 Å². The summed E-state index contributed by atoms with van der Waals surface area (Å²) in [5.74, 6) is 0. The maximum Gasteiger partial charge on any atom is 0.247 e. The lowest BCUT2D eigenvalue weighted by Crippen LogP contribution is -2.38. The van der Waals surface area contributed by atoms with Crippen LogP contribution in [0.3, 0.4) is 0 Å². The first kappa shape index (κ1) is 21.1. The minimum Gasteiger partial charge on any atom is -0.396 e. The molecule has 3 aromatic rings. The number of ether oxygens (including phenoxy) is 1. The molecule has 1 aliphatic rings. The molecule has 31 heavy (non-hydrogen) atoms. The summed E-state index contributed by atoms with van der Waals surface area (Å²) in [6.45, 7) is 2.78. The van der Waals surface area contributed by atoms with Gasteiger partial charge in [0.2, 0.25) is 5.56 Å². The SMILES string of the molecule is C[C@@H](c1ccc(-c2ccc(=O)[nH]c2)cc1)N1C=C[C@](CCCO)(c2ccccc2)OC1. The van der Waals surface area contributed by atoms with Crippen molar-refractivity contribution in [2.75, 3.05) is 13.3 Å². The number of aromatic nitrogens is 1. The normalized spacial score (nSPS) is 19.4. The smallest absolute Gasteiger partial charge is 0.247 e. The van der Waals surface area contributed by atoms with Crippen molar-refractivity contribution in [3.63, 3.8) is 0 Å². The van der Waals surface area contributed by atoms with Gasteiger partial charge in [-0.15, -0.1) is 0 Å². The fourth-order valence-corrected chi connectivity index (χ4v) is 4.01. The van der Waals surface area contributed by atoms with E-state index in [0.717, 1.165) is 23.1 Å². The first-order valence-electron chi connectivity index (χ1n) is 10.7. The quantitative estimate of drug-likeness (QED) is 0.592. The van der Waals surface area contributed by atoms with Crippen molar-refractivity contribution in [1.82, 2.24) is 9.88 Å². The van der Waals surface area contributed by atoms with Gasteiger partial charge in [0, 0.05) is 25.1 Å². The van der Waals surface area contributed by atoms with E-state index < -0.39 is 5.60 Å². The monoisotopic (exact) mass is 416 g/mol. The summed E-state index contributed by atoms with van der Waals surface area (Å²) in [6, 6.07) is 22.1. The molecule has 4 rings (SSSR count). The highest BCUT2D eigenvalue weighted by atomic mass is 16.5. The van der Waals surface area contributed by atoms with Gasteiger partial charge < -0.3 is 19.7 Å². The highest BCUT2D eigenvalue weighted by molar-refractivity contribution is 5.62. The molecule has 1 aromatic heterocycles. The number of nitrogens with zero attached hydrogens (tertiary/aromatic N) is 1. The van der Waals surface area contributed by atoms with Crippen molar-refractivity contribution in [2.24, 2.45) is 0 Å². The molecule has 0 amide bonds. The fourth-order valence-electron chi connectivity index (χ4n) is 4.01. The number of aliphatic hydroxyl groups is 1.